The molecule has 1 saturated carbocycles. The molecule has 7 heteroatoms. The molecule has 3 aromatic carbocycles. The van der Waals surface area contributed by atoms with E-state index in [1.807, 2.05) is 36.2 Å². The van der Waals surface area contributed by atoms with Crippen LogP contribution >= 0.6 is 0 Å². The Balaban J connectivity index is 1.09. The quantitative estimate of drug-likeness (QED) is 0.211. The molecule has 0 spiro atoms. The summed E-state index contributed by atoms with van der Waals surface area (Å²) in [6.45, 7) is 7.18. The lowest BCUT2D eigenvalue weighted by molar-refractivity contribution is 0.0649. The van der Waals surface area contributed by atoms with Gasteiger partial charge in [0.05, 0.1) is 27.4 Å². The first-order valence-corrected chi connectivity index (χ1v) is 18.0. The average molecular weight is 664 g/mol. The second kappa shape index (κ2) is 15.5. The predicted octanol–water partition coefficient (Wildman–Crippen LogP) is 8.23. The number of carbonyl (C=O) groups excluding carboxylic acids is 1. The largest absolute Gasteiger partial charge is 0.496 e. The summed E-state index contributed by atoms with van der Waals surface area (Å²) in [5.41, 5.74) is 9.16. The molecular formula is C42H53N3O4. The molecule has 7 nitrogen and oxygen atoms in total. The number of nitrogens with one attached hydrogen (secondary N) is 1. The minimum absolute atomic E-state index is 0.0659. The SMILES string of the molecule is CCCc1cc(-c2cccc(C(=O)N(C)C3CCN(CC4=CC(c5cc(OC)c(C)c(C6CCC6)c5)NC=C4)CC3)c2)cc(OC)c1OC. The Bertz CT molecular complexity index is 1700. The Labute approximate surface area is 292 Å². The second-order valence-electron chi connectivity index (χ2n) is 13.9. The van der Waals surface area contributed by atoms with Crippen molar-refractivity contribution in [1.29, 1.82) is 0 Å². The third-order valence-corrected chi connectivity index (χ3v) is 10.8. The fourth-order valence-corrected chi connectivity index (χ4v) is 7.73. The van der Waals surface area contributed by atoms with Crippen LogP contribution in [0.5, 0.6) is 17.2 Å². The first-order valence-electron chi connectivity index (χ1n) is 18.0. The summed E-state index contributed by atoms with van der Waals surface area (Å²) in [4.78, 5) is 18.3. The van der Waals surface area contributed by atoms with Crippen molar-refractivity contribution in [2.24, 2.45) is 0 Å². The Kier molecular flexibility index (Phi) is 11.0. The maximum absolute atomic E-state index is 13.8. The standard InChI is InChI=1S/C42H53N3O4/c1-7-10-32-23-34(25-40(48-5)41(32)49-6)31-13-9-14-33(22-31)42(46)44(3)36-16-19-45(20-17-36)27-29-15-18-43-38(21-29)35-24-37(30-11-8-12-30)28(2)39(26-35)47-4/h9,13-15,18,21-26,30,36,38,43H,7-8,10-12,16-17,19-20,27H2,1-6H3. The molecule has 1 aliphatic carbocycles. The van der Waals surface area contributed by atoms with Crippen molar-refractivity contribution in [3.8, 4) is 28.4 Å². The van der Waals surface area contributed by atoms with E-state index in [1.165, 1.54) is 41.5 Å². The molecule has 1 atom stereocenters. The number of carbonyl (C=O) groups is 1. The van der Waals surface area contributed by atoms with Crippen LogP contribution in [0.1, 0.15) is 90.0 Å². The lowest BCUT2D eigenvalue weighted by Crippen LogP contribution is -2.46. The van der Waals surface area contributed by atoms with Crippen LogP contribution in [0.4, 0.5) is 0 Å². The zero-order valence-electron chi connectivity index (χ0n) is 30.2. The highest BCUT2D eigenvalue weighted by molar-refractivity contribution is 5.95. The summed E-state index contributed by atoms with van der Waals surface area (Å²) in [7, 11) is 7.09. The van der Waals surface area contributed by atoms with Gasteiger partial charge < -0.3 is 24.4 Å². The van der Waals surface area contributed by atoms with E-state index in [0.29, 0.717) is 17.2 Å². The van der Waals surface area contributed by atoms with Gasteiger partial charge >= 0.3 is 0 Å². The van der Waals surface area contributed by atoms with Crippen LogP contribution in [-0.2, 0) is 6.42 Å². The highest BCUT2D eigenvalue weighted by Gasteiger charge is 2.28. The number of piperidine rings is 1. The molecule has 0 aromatic heterocycles. The van der Waals surface area contributed by atoms with Crippen molar-refractivity contribution in [3.05, 3.63) is 100 Å². The fraction of sp³-hybridized carbons (Fsp3) is 0.452. The van der Waals surface area contributed by atoms with Gasteiger partial charge in [-0.2, -0.15) is 0 Å². The third kappa shape index (κ3) is 7.52. The Morgan fingerprint density at radius 2 is 1.71 bits per heavy atom. The van der Waals surface area contributed by atoms with Crippen LogP contribution < -0.4 is 19.5 Å². The third-order valence-electron chi connectivity index (χ3n) is 10.8. The molecular weight excluding hydrogens is 610 g/mol. The summed E-state index contributed by atoms with van der Waals surface area (Å²) >= 11 is 0. The molecule has 2 heterocycles. The van der Waals surface area contributed by atoms with Crippen LogP contribution in [0.25, 0.3) is 11.1 Å². The van der Waals surface area contributed by atoms with Gasteiger partial charge in [-0.1, -0.05) is 44.0 Å². The topological polar surface area (TPSA) is 63.3 Å². The van der Waals surface area contributed by atoms with Crippen LogP contribution in [0.3, 0.4) is 0 Å². The number of rotatable bonds is 12. The second-order valence-corrected chi connectivity index (χ2v) is 13.9. The van der Waals surface area contributed by atoms with Gasteiger partial charge in [-0.25, -0.2) is 0 Å². The van der Waals surface area contributed by atoms with Crippen molar-refractivity contribution in [1.82, 2.24) is 15.1 Å². The number of hydrogen-bond donors (Lipinski definition) is 1. The molecule has 1 saturated heterocycles. The smallest absolute Gasteiger partial charge is 0.253 e. The number of dihydropyridines is 1. The van der Waals surface area contributed by atoms with Gasteiger partial charge in [-0.05, 0) is 127 Å². The molecule has 2 aliphatic heterocycles. The summed E-state index contributed by atoms with van der Waals surface area (Å²) in [6.07, 6.45) is 14.3. The molecule has 3 aromatic rings. The van der Waals surface area contributed by atoms with E-state index in [-0.39, 0.29) is 18.0 Å². The van der Waals surface area contributed by atoms with E-state index in [1.54, 1.807) is 21.3 Å². The Hall–Kier alpha value is -4.23. The van der Waals surface area contributed by atoms with Crippen LogP contribution in [0, 0.1) is 6.92 Å². The minimum atomic E-state index is 0.0659. The predicted molar refractivity (Wildman–Crippen MR) is 198 cm³/mol. The monoisotopic (exact) mass is 663 g/mol. The van der Waals surface area contributed by atoms with Crippen LogP contribution in [-0.4, -0.2) is 69.8 Å². The highest BCUT2D eigenvalue weighted by Crippen LogP contribution is 2.42. The number of hydrogen-bond acceptors (Lipinski definition) is 6. The molecule has 2 fully saturated rings. The number of nitrogens with zero attached hydrogens (tertiary/aromatic N) is 2. The molecule has 0 bridgehead atoms. The van der Waals surface area contributed by atoms with Gasteiger partial charge in [0.2, 0.25) is 0 Å². The summed E-state index contributed by atoms with van der Waals surface area (Å²) in [5.74, 6) is 3.20. The van der Waals surface area contributed by atoms with E-state index >= 15 is 0 Å². The molecule has 1 N–H and O–H groups in total. The fourth-order valence-electron chi connectivity index (χ4n) is 7.73. The average Bonchev–Trinajstić information content (AvgIpc) is 3.11. The number of ether oxygens (including phenoxy) is 3. The Morgan fingerprint density at radius 1 is 0.939 bits per heavy atom. The number of likely N-dealkylation sites (tertiary alicyclic amines) is 1. The van der Waals surface area contributed by atoms with Gasteiger partial charge in [0.1, 0.15) is 5.75 Å². The zero-order valence-corrected chi connectivity index (χ0v) is 30.2. The summed E-state index contributed by atoms with van der Waals surface area (Å²) < 4.78 is 17.1. The van der Waals surface area contributed by atoms with E-state index < -0.39 is 0 Å². The number of amides is 1. The van der Waals surface area contributed by atoms with E-state index in [9.17, 15) is 4.79 Å². The highest BCUT2D eigenvalue weighted by atomic mass is 16.5. The maximum atomic E-state index is 13.8. The van der Waals surface area contributed by atoms with Crippen molar-refractivity contribution in [2.75, 3.05) is 48.0 Å². The molecule has 6 rings (SSSR count). The lowest BCUT2D eigenvalue weighted by Gasteiger charge is -2.37. The molecule has 260 valence electrons. The molecule has 3 aliphatic rings. The normalized spacial score (nSPS) is 18.3. The molecule has 0 radical (unpaired) electrons. The number of benzene rings is 3. The molecule has 49 heavy (non-hydrogen) atoms. The molecule has 1 unspecified atom stereocenters. The van der Waals surface area contributed by atoms with Crippen molar-refractivity contribution in [2.45, 2.75) is 76.8 Å². The van der Waals surface area contributed by atoms with E-state index in [2.05, 4.69) is 66.7 Å². The van der Waals surface area contributed by atoms with Gasteiger partial charge in [0.15, 0.2) is 11.5 Å². The van der Waals surface area contributed by atoms with E-state index in [4.69, 9.17) is 14.2 Å². The maximum Gasteiger partial charge on any atom is 0.253 e. The first kappa shape index (κ1) is 34.6. The molecule has 1 amide bonds. The summed E-state index contributed by atoms with van der Waals surface area (Å²) in [5, 5.41) is 3.57. The number of aryl methyl sites for hydroxylation is 1. The van der Waals surface area contributed by atoms with Crippen LogP contribution in [0.2, 0.25) is 0 Å². The van der Waals surface area contributed by atoms with Crippen molar-refractivity contribution >= 4 is 5.91 Å². The minimum Gasteiger partial charge on any atom is -0.496 e. The zero-order chi connectivity index (χ0) is 34.5. The van der Waals surface area contributed by atoms with Crippen LogP contribution in [0.15, 0.2) is 72.5 Å². The van der Waals surface area contributed by atoms with Crippen molar-refractivity contribution in [3.63, 3.8) is 0 Å². The Morgan fingerprint density at radius 3 is 2.39 bits per heavy atom. The van der Waals surface area contributed by atoms with Gasteiger partial charge in [-0.3, -0.25) is 9.69 Å². The van der Waals surface area contributed by atoms with E-state index in [0.717, 1.165) is 73.5 Å². The lowest BCUT2D eigenvalue weighted by atomic mass is 9.77. The number of methoxy groups -OCH3 is 3. The summed E-state index contributed by atoms with van der Waals surface area (Å²) in [6, 6.07) is 17.1. The first-order chi connectivity index (χ1) is 23.8. The van der Waals surface area contributed by atoms with Gasteiger partial charge in [-0.15, -0.1) is 0 Å². The van der Waals surface area contributed by atoms with Crippen molar-refractivity contribution < 1.29 is 19.0 Å². The van der Waals surface area contributed by atoms with Gasteiger partial charge in [0.25, 0.3) is 5.91 Å². The van der Waals surface area contributed by atoms with Gasteiger partial charge in [0, 0.05) is 38.3 Å².